The summed E-state index contributed by atoms with van der Waals surface area (Å²) in [4.78, 5) is 19.9. The topological polar surface area (TPSA) is 78.4 Å². The molecule has 1 aromatic rings. The monoisotopic (exact) mass is 567 g/mol. The molecule has 0 radical (unpaired) electrons. The van der Waals surface area contributed by atoms with Gasteiger partial charge in [0.2, 0.25) is 5.91 Å². The summed E-state index contributed by atoms with van der Waals surface area (Å²) in [5.41, 5.74) is 0.643. The Bertz CT molecular complexity index is 763. The molecule has 11 heteroatoms. The molecular formula is C21H32F2IN5O3. The summed E-state index contributed by atoms with van der Waals surface area (Å²) in [5.74, 6) is 1.07. The Labute approximate surface area is 204 Å². The van der Waals surface area contributed by atoms with E-state index < -0.39 is 6.61 Å². The average Bonchev–Trinajstić information content (AvgIpc) is 3.41. The molecule has 2 saturated heterocycles. The summed E-state index contributed by atoms with van der Waals surface area (Å²) < 4.78 is 35.6. The Morgan fingerprint density at radius 3 is 2.81 bits per heavy atom. The lowest BCUT2D eigenvalue weighted by Crippen LogP contribution is -2.46. The van der Waals surface area contributed by atoms with Gasteiger partial charge in [-0.05, 0) is 25.0 Å². The zero-order chi connectivity index (χ0) is 22.2. The van der Waals surface area contributed by atoms with Gasteiger partial charge in [-0.25, -0.2) is 4.99 Å². The average molecular weight is 567 g/mol. The molecule has 2 heterocycles. The number of nitrogens with zero attached hydrogens (tertiary/aromatic N) is 3. The highest BCUT2D eigenvalue weighted by Crippen LogP contribution is 2.31. The Morgan fingerprint density at radius 2 is 2.12 bits per heavy atom. The summed E-state index contributed by atoms with van der Waals surface area (Å²) >= 11 is 0. The molecule has 1 amide bonds. The van der Waals surface area contributed by atoms with Gasteiger partial charge in [-0.1, -0.05) is 12.1 Å². The Hall–Kier alpha value is -1.89. The Kier molecular flexibility index (Phi) is 10.7. The number of nitrogens with one attached hydrogen (secondary N) is 2. The second-order valence-corrected chi connectivity index (χ2v) is 7.99. The summed E-state index contributed by atoms with van der Waals surface area (Å²) in [5, 5.41) is 6.71. The van der Waals surface area contributed by atoms with Crippen molar-refractivity contribution in [3.05, 3.63) is 24.3 Å². The maximum absolute atomic E-state index is 12.7. The van der Waals surface area contributed by atoms with Crippen LogP contribution in [-0.4, -0.2) is 82.9 Å². The van der Waals surface area contributed by atoms with E-state index in [0.29, 0.717) is 37.2 Å². The van der Waals surface area contributed by atoms with E-state index in [1.807, 2.05) is 4.90 Å². The van der Waals surface area contributed by atoms with Crippen molar-refractivity contribution in [2.24, 2.45) is 10.9 Å². The molecule has 8 nitrogen and oxygen atoms in total. The number of carbonyl (C=O) groups excluding carboxylic acids is 1. The zero-order valence-electron chi connectivity index (χ0n) is 18.4. The van der Waals surface area contributed by atoms with Crippen molar-refractivity contribution < 1.29 is 23.0 Å². The molecular weight excluding hydrogens is 535 g/mol. The number of halogens is 3. The van der Waals surface area contributed by atoms with Crippen molar-refractivity contribution in [1.29, 1.82) is 0 Å². The number of rotatable bonds is 8. The number of ether oxygens (including phenoxy) is 2. The molecule has 2 N–H and O–H groups in total. The minimum Gasteiger partial charge on any atom is -0.433 e. The standard InChI is InChI=1S/C21H31F2N5O3.HI/c1-27(2)19(29)12-25-21(24-11-15-8-10-30-14-15)26-16-7-9-28(13-16)17-5-3-4-6-18(17)31-20(22)23;/h3-6,15-16,20H,7-14H2,1-2H3,(H2,24,25,26);1H. The van der Waals surface area contributed by atoms with E-state index in [2.05, 4.69) is 20.4 Å². The molecule has 3 rings (SSSR count). The molecule has 1 aromatic carbocycles. The summed E-state index contributed by atoms with van der Waals surface area (Å²) in [6, 6.07) is 6.87. The molecule has 180 valence electrons. The van der Waals surface area contributed by atoms with Crippen molar-refractivity contribution in [1.82, 2.24) is 15.5 Å². The van der Waals surface area contributed by atoms with Crippen LogP contribution in [-0.2, 0) is 9.53 Å². The highest BCUT2D eigenvalue weighted by Gasteiger charge is 2.26. The number of benzene rings is 1. The molecule has 0 aliphatic carbocycles. The number of amides is 1. The number of alkyl halides is 2. The van der Waals surface area contributed by atoms with Crippen LogP contribution in [0.1, 0.15) is 12.8 Å². The summed E-state index contributed by atoms with van der Waals surface area (Å²) in [7, 11) is 3.39. The largest absolute Gasteiger partial charge is 0.433 e. The molecule has 0 saturated carbocycles. The van der Waals surface area contributed by atoms with Gasteiger partial charge >= 0.3 is 6.61 Å². The number of hydrogen-bond acceptors (Lipinski definition) is 5. The first-order valence-electron chi connectivity index (χ1n) is 10.5. The summed E-state index contributed by atoms with van der Waals surface area (Å²) in [6.07, 6.45) is 1.80. The van der Waals surface area contributed by atoms with Gasteiger partial charge in [0.25, 0.3) is 0 Å². The highest BCUT2D eigenvalue weighted by molar-refractivity contribution is 14.0. The van der Waals surface area contributed by atoms with Crippen LogP contribution in [0.2, 0.25) is 0 Å². The quantitative estimate of drug-likeness (QED) is 0.285. The van der Waals surface area contributed by atoms with Gasteiger partial charge in [0, 0.05) is 52.3 Å². The predicted molar refractivity (Wildman–Crippen MR) is 130 cm³/mol. The Morgan fingerprint density at radius 1 is 1.34 bits per heavy atom. The van der Waals surface area contributed by atoms with Crippen molar-refractivity contribution in [3.8, 4) is 5.75 Å². The molecule has 2 fully saturated rings. The van der Waals surface area contributed by atoms with Gasteiger partial charge in [-0.2, -0.15) is 8.78 Å². The number of aliphatic imine (C=N–C) groups is 1. The molecule has 0 bridgehead atoms. The van der Waals surface area contributed by atoms with Crippen LogP contribution >= 0.6 is 24.0 Å². The molecule has 0 spiro atoms. The molecule has 2 aliphatic heterocycles. The normalized spacial score (nSPS) is 20.8. The van der Waals surface area contributed by atoms with Crippen LogP contribution in [0.15, 0.2) is 29.3 Å². The molecule has 2 aliphatic rings. The van der Waals surface area contributed by atoms with E-state index in [-0.39, 0.29) is 48.2 Å². The van der Waals surface area contributed by atoms with Gasteiger partial charge in [0.05, 0.1) is 12.3 Å². The van der Waals surface area contributed by atoms with Crippen LogP contribution in [0.4, 0.5) is 14.5 Å². The SMILES string of the molecule is CN(C)C(=O)CN=C(NCC1CCOC1)NC1CCN(c2ccccc2OC(F)F)C1.I. The lowest BCUT2D eigenvalue weighted by Gasteiger charge is -2.23. The maximum atomic E-state index is 12.7. The number of para-hydroxylation sites is 2. The van der Waals surface area contributed by atoms with Crippen molar-refractivity contribution in [3.63, 3.8) is 0 Å². The second kappa shape index (κ2) is 13.0. The van der Waals surface area contributed by atoms with E-state index in [1.54, 1.807) is 38.4 Å². The predicted octanol–water partition coefficient (Wildman–Crippen LogP) is 2.14. The van der Waals surface area contributed by atoms with Crippen molar-refractivity contribution in [2.45, 2.75) is 25.5 Å². The number of guanidine groups is 1. The third-order valence-electron chi connectivity index (χ3n) is 5.40. The highest BCUT2D eigenvalue weighted by atomic mass is 127. The van der Waals surface area contributed by atoms with Gasteiger partial charge < -0.3 is 29.9 Å². The first-order valence-corrected chi connectivity index (χ1v) is 10.5. The van der Waals surface area contributed by atoms with Gasteiger partial charge in [0.1, 0.15) is 12.3 Å². The molecule has 2 unspecified atom stereocenters. The Balaban J connectivity index is 0.00000363. The molecule has 32 heavy (non-hydrogen) atoms. The fourth-order valence-corrected chi connectivity index (χ4v) is 3.63. The van der Waals surface area contributed by atoms with Gasteiger partial charge in [0.15, 0.2) is 5.96 Å². The lowest BCUT2D eigenvalue weighted by atomic mass is 10.1. The van der Waals surface area contributed by atoms with Crippen molar-refractivity contribution in [2.75, 3.05) is 58.4 Å². The minimum absolute atomic E-state index is 0. The second-order valence-electron chi connectivity index (χ2n) is 7.99. The smallest absolute Gasteiger partial charge is 0.387 e. The van der Waals surface area contributed by atoms with Gasteiger partial charge in [-0.15, -0.1) is 24.0 Å². The lowest BCUT2D eigenvalue weighted by molar-refractivity contribution is -0.127. The van der Waals surface area contributed by atoms with Crippen LogP contribution in [0.3, 0.4) is 0 Å². The maximum Gasteiger partial charge on any atom is 0.387 e. The molecule has 0 aromatic heterocycles. The van der Waals surface area contributed by atoms with Crippen LogP contribution in [0.5, 0.6) is 5.75 Å². The fraction of sp³-hybridized carbons (Fsp3) is 0.619. The third kappa shape index (κ3) is 7.91. The third-order valence-corrected chi connectivity index (χ3v) is 5.40. The number of anilines is 1. The van der Waals surface area contributed by atoms with E-state index in [0.717, 1.165) is 26.1 Å². The summed E-state index contributed by atoms with van der Waals surface area (Å²) in [6.45, 7) is 0.682. The zero-order valence-corrected chi connectivity index (χ0v) is 20.8. The molecule has 2 atom stereocenters. The minimum atomic E-state index is -2.87. The van der Waals surface area contributed by atoms with E-state index in [4.69, 9.17) is 4.74 Å². The van der Waals surface area contributed by atoms with E-state index in [1.165, 1.54) is 4.90 Å². The first-order chi connectivity index (χ1) is 14.9. The van der Waals surface area contributed by atoms with Crippen molar-refractivity contribution >= 4 is 41.5 Å². The van der Waals surface area contributed by atoms with E-state index >= 15 is 0 Å². The first kappa shape index (κ1) is 26.4. The number of hydrogen-bond donors (Lipinski definition) is 2. The van der Waals surface area contributed by atoms with E-state index in [9.17, 15) is 13.6 Å². The fourth-order valence-electron chi connectivity index (χ4n) is 3.63. The van der Waals surface area contributed by atoms with Crippen LogP contribution in [0.25, 0.3) is 0 Å². The van der Waals surface area contributed by atoms with Crippen LogP contribution in [0, 0.1) is 5.92 Å². The van der Waals surface area contributed by atoms with Gasteiger partial charge in [-0.3, -0.25) is 4.79 Å². The number of likely N-dealkylation sites (N-methyl/N-ethyl adjacent to an activating group) is 1. The van der Waals surface area contributed by atoms with Crippen LogP contribution < -0.4 is 20.3 Å². The number of carbonyl (C=O) groups is 1.